The lowest BCUT2D eigenvalue weighted by molar-refractivity contribution is -0.136. The molecule has 0 radical (unpaired) electrons. The molecule has 0 spiro atoms. The number of fused-ring (bicyclic) bond motifs is 1. The summed E-state index contributed by atoms with van der Waals surface area (Å²) in [5, 5.41) is 33.3. The van der Waals surface area contributed by atoms with Gasteiger partial charge in [-0.1, -0.05) is 43.5 Å². The molecule has 5 atom stereocenters. The third kappa shape index (κ3) is 4.93. The predicted octanol–water partition coefficient (Wildman–Crippen LogP) is 3.39. The van der Waals surface area contributed by atoms with Gasteiger partial charge in [0.05, 0.1) is 24.7 Å². The Balaban J connectivity index is 1.34. The second-order valence-electron chi connectivity index (χ2n) is 9.06. The molecule has 0 aromatic heterocycles. The van der Waals surface area contributed by atoms with Gasteiger partial charge < -0.3 is 20.6 Å². The number of carboxylic acids is 1. The highest BCUT2D eigenvalue weighted by Gasteiger charge is 2.45. The van der Waals surface area contributed by atoms with Crippen LogP contribution in [0.1, 0.15) is 50.5 Å². The van der Waals surface area contributed by atoms with Gasteiger partial charge in [0.25, 0.3) is 0 Å². The molecule has 4 N–H and O–H groups in total. The van der Waals surface area contributed by atoms with Crippen LogP contribution >= 0.6 is 0 Å². The van der Waals surface area contributed by atoms with Gasteiger partial charge in [-0.3, -0.25) is 9.79 Å². The highest BCUT2D eigenvalue weighted by atomic mass is 16.4. The summed E-state index contributed by atoms with van der Waals surface area (Å²) < 4.78 is 0. The molecule has 0 saturated heterocycles. The molecule has 4 unspecified atom stereocenters. The van der Waals surface area contributed by atoms with Crippen molar-refractivity contribution in [1.82, 2.24) is 0 Å². The van der Waals surface area contributed by atoms with Crippen LogP contribution in [0.15, 0.2) is 41.4 Å². The zero-order valence-electron chi connectivity index (χ0n) is 17.3. The Morgan fingerprint density at radius 2 is 1.93 bits per heavy atom. The Hall–Kier alpha value is -2.18. The van der Waals surface area contributed by atoms with Crippen molar-refractivity contribution < 1.29 is 20.1 Å². The molecule has 2 fully saturated rings. The normalized spacial score (nSPS) is 30.3. The molecule has 30 heavy (non-hydrogen) atoms. The molecular formula is C24H32N2O4. The molecule has 1 aliphatic heterocycles. The molecule has 6 nitrogen and oxygen atoms in total. The van der Waals surface area contributed by atoms with Crippen LogP contribution in [0.25, 0.3) is 0 Å². The summed E-state index contributed by atoms with van der Waals surface area (Å²) in [5.41, 5.74) is 1.66. The Morgan fingerprint density at radius 3 is 2.63 bits per heavy atom. The number of hydrogen-bond donors (Lipinski definition) is 4. The topological polar surface area (TPSA) is 102 Å². The summed E-state index contributed by atoms with van der Waals surface area (Å²) in [5.74, 6) is 0.701. The summed E-state index contributed by atoms with van der Waals surface area (Å²) in [7, 11) is 0. The lowest BCUT2D eigenvalue weighted by Crippen LogP contribution is -2.23. The van der Waals surface area contributed by atoms with E-state index in [-0.39, 0.29) is 24.3 Å². The average molecular weight is 413 g/mol. The fourth-order valence-electron chi connectivity index (χ4n) is 5.29. The molecule has 6 heteroatoms. The molecule has 0 bridgehead atoms. The van der Waals surface area contributed by atoms with Crippen molar-refractivity contribution >= 4 is 17.5 Å². The number of hydrogen-bond acceptors (Lipinski definition) is 5. The standard InChI is InChI=1S/C24H32N2O4/c27-21(16-4-2-1-3-5-16)11-10-18-19-13-23(26-20(19)14-22(18)28)25-17-8-6-15(7-9-17)12-24(29)30/h6-11,16,18-22,27-28H,1-5,12-14H2,(H,25,26)(H,29,30)/t18?,19?,20?,21-,22?/m1/s1. The third-order valence-corrected chi connectivity index (χ3v) is 6.93. The van der Waals surface area contributed by atoms with Crippen LogP contribution in [-0.2, 0) is 11.2 Å². The van der Waals surface area contributed by atoms with Gasteiger partial charge in [0.15, 0.2) is 0 Å². The van der Waals surface area contributed by atoms with Crippen molar-refractivity contribution in [2.75, 3.05) is 5.32 Å². The summed E-state index contributed by atoms with van der Waals surface area (Å²) >= 11 is 0. The van der Waals surface area contributed by atoms with Gasteiger partial charge >= 0.3 is 5.97 Å². The molecule has 2 saturated carbocycles. The fourth-order valence-corrected chi connectivity index (χ4v) is 5.29. The maximum absolute atomic E-state index is 10.8. The summed E-state index contributed by atoms with van der Waals surface area (Å²) in [6.07, 6.45) is 10.4. The lowest BCUT2D eigenvalue weighted by atomic mass is 9.84. The van der Waals surface area contributed by atoms with Crippen molar-refractivity contribution in [3.05, 3.63) is 42.0 Å². The van der Waals surface area contributed by atoms with Gasteiger partial charge in [0, 0.05) is 18.0 Å². The van der Waals surface area contributed by atoms with Crippen LogP contribution in [0.5, 0.6) is 0 Å². The van der Waals surface area contributed by atoms with Gasteiger partial charge in [-0.2, -0.15) is 0 Å². The maximum atomic E-state index is 10.8. The number of carboxylic acid groups (broad SMARTS) is 1. The molecule has 2 aliphatic carbocycles. The van der Waals surface area contributed by atoms with E-state index in [4.69, 9.17) is 10.1 Å². The maximum Gasteiger partial charge on any atom is 0.307 e. The lowest BCUT2D eigenvalue weighted by Gasteiger charge is -2.25. The molecule has 1 aromatic rings. The van der Waals surface area contributed by atoms with Crippen LogP contribution in [-0.4, -0.2) is 45.4 Å². The van der Waals surface area contributed by atoms with E-state index in [0.29, 0.717) is 12.3 Å². The SMILES string of the molecule is O=C(O)Cc1ccc(NC2=NC3CC(O)C(C=C[C@@H](O)C4CCCCC4)C3C2)cc1. The number of rotatable bonds is 6. The zero-order valence-corrected chi connectivity index (χ0v) is 17.3. The van der Waals surface area contributed by atoms with E-state index in [9.17, 15) is 15.0 Å². The summed E-state index contributed by atoms with van der Waals surface area (Å²) in [4.78, 5) is 15.6. The van der Waals surface area contributed by atoms with Gasteiger partial charge in [-0.25, -0.2) is 0 Å². The van der Waals surface area contributed by atoms with Crippen molar-refractivity contribution in [3.63, 3.8) is 0 Å². The van der Waals surface area contributed by atoms with Crippen LogP contribution in [0.4, 0.5) is 5.69 Å². The smallest absolute Gasteiger partial charge is 0.307 e. The minimum atomic E-state index is -0.838. The molecule has 4 rings (SSSR count). The van der Waals surface area contributed by atoms with E-state index in [1.54, 1.807) is 0 Å². The minimum Gasteiger partial charge on any atom is -0.481 e. The van der Waals surface area contributed by atoms with Crippen molar-refractivity contribution in [2.45, 2.75) is 69.6 Å². The first-order chi connectivity index (χ1) is 14.5. The third-order valence-electron chi connectivity index (χ3n) is 6.93. The highest BCUT2D eigenvalue weighted by Crippen LogP contribution is 2.42. The number of amidine groups is 1. The first-order valence-corrected chi connectivity index (χ1v) is 11.2. The van der Waals surface area contributed by atoms with Crippen molar-refractivity contribution in [3.8, 4) is 0 Å². The van der Waals surface area contributed by atoms with E-state index in [1.165, 1.54) is 19.3 Å². The molecule has 1 aromatic carbocycles. The van der Waals surface area contributed by atoms with E-state index < -0.39 is 18.2 Å². The number of benzene rings is 1. The van der Waals surface area contributed by atoms with Gasteiger partial charge in [-0.15, -0.1) is 0 Å². The molecule has 1 heterocycles. The number of nitrogens with zero attached hydrogens (tertiary/aromatic N) is 1. The van der Waals surface area contributed by atoms with Crippen molar-refractivity contribution in [2.24, 2.45) is 22.7 Å². The van der Waals surface area contributed by atoms with Gasteiger partial charge in [0.1, 0.15) is 5.84 Å². The van der Waals surface area contributed by atoms with Gasteiger partial charge in [0.2, 0.25) is 0 Å². The first-order valence-electron chi connectivity index (χ1n) is 11.2. The summed E-state index contributed by atoms with van der Waals surface area (Å²) in [6.45, 7) is 0. The number of aliphatic carboxylic acids is 1. The number of anilines is 1. The fraction of sp³-hybridized carbons (Fsp3) is 0.583. The van der Waals surface area contributed by atoms with E-state index in [0.717, 1.165) is 36.3 Å². The monoisotopic (exact) mass is 412 g/mol. The number of carbonyl (C=O) groups is 1. The van der Waals surface area contributed by atoms with Crippen LogP contribution in [0.2, 0.25) is 0 Å². The largest absolute Gasteiger partial charge is 0.481 e. The van der Waals surface area contributed by atoms with E-state index in [1.807, 2.05) is 36.4 Å². The Labute approximate surface area is 177 Å². The van der Waals surface area contributed by atoms with Crippen LogP contribution in [0, 0.1) is 17.8 Å². The molecule has 0 amide bonds. The van der Waals surface area contributed by atoms with Crippen molar-refractivity contribution in [1.29, 1.82) is 0 Å². The highest BCUT2D eigenvalue weighted by molar-refractivity contribution is 5.97. The minimum absolute atomic E-state index is 0.0178. The number of aliphatic hydroxyl groups excluding tert-OH is 2. The molecule has 3 aliphatic rings. The Kier molecular flexibility index (Phi) is 6.54. The number of nitrogens with one attached hydrogen (secondary N) is 1. The number of aliphatic imine (C=N–C) groups is 1. The number of aliphatic hydroxyl groups is 2. The average Bonchev–Trinajstić information content (AvgIpc) is 3.24. The summed E-state index contributed by atoms with van der Waals surface area (Å²) in [6, 6.07) is 7.49. The van der Waals surface area contributed by atoms with Crippen LogP contribution < -0.4 is 5.32 Å². The first kappa shape index (κ1) is 21.1. The Bertz CT molecular complexity index is 798. The van der Waals surface area contributed by atoms with Gasteiger partial charge in [-0.05, 0) is 48.8 Å². The predicted molar refractivity (Wildman–Crippen MR) is 117 cm³/mol. The molecular weight excluding hydrogens is 380 g/mol. The molecule has 162 valence electrons. The second-order valence-corrected chi connectivity index (χ2v) is 9.06. The zero-order chi connectivity index (χ0) is 21.1. The van der Waals surface area contributed by atoms with E-state index in [2.05, 4.69) is 5.32 Å². The quantitative estimate of drug-likeness (QED) is 0.537. The second kappa shape index (κ2) is 9.31. The Morgan fingerprint density at radius 1 is 1.20 bits per heavy atom. The van der Waals surface area contributed by atoms with Crippen LogP contribution in [0.3, 0.4) is 0 Å². The van der Waals surface area contributed by atoms with E-state index >= 15 is 0 Å².